The van der Waals surface area contributed by atoms with E-state index in [1.54, 1.807) is 0 Å². The fraction of sp³-hybridized carbons (Fsp3) is 1.00. The lowest BCUT2D eigenvalue weighted by molar-refractivity contribution is -0.0984. The van der Waals surface area contributed by atoms with Crippen molar-refractivity contribution in [2.75, 3.05) is 6.61 Å². The zero-order valence-electron chi connectivity index (χ0n) is 17.5. The second kappa shape index (κ2) is 7.49. The number of aliphatic hydroxyl groups excluding tert-OH is 1. The minimum absolute atomic E-state index is 0.0242. The molecule has 4 nitrogen and oxygen atoms in total. The smallest absolute Gasteiger partial charge is 0.192 e. The third-order valence-electron chi connectivity index (χ3n) is 6.10. The molecule has 0 aromatic rings. The van der Waals surface area contributed by atoms with Crippen LogP contribution in [0.2, 0.25) is 36.3 Å². The molecule has 1 saturated heterocycles. The SMILES string of the molecule is CC(C)(C)[Si](C)(C)OCC[C@H]1OC(O)C[C@@H]1O[Si](C)(C)C(C)(C)C. The molecule has 24 heavy (non-hydrogen) atoms. The van der Waals surface area contributed by atoms with Crippen LogP contribution in [-0.2, 0) is 13.6 Å². The van der Waals surface area contributed by atoms with E-state index in [1.165, 1.54) is 0 Å². The van der Waals surface area contributed by atoms with E-state index in [-0.39, 0.29) is 22.3 Å². The molecule has 1 rings (SSSR count). The summed E-state index contributed by atoms with van der Waals surface area (Å²) in [5.74, 6) is 0. The summed E-state index contributed by atoms with van der Waals surface area (Å²) in [6.07, 6.45) is 0.542. The van der Waals surface area contributed by atoms with Crippen LogP contribution in [0.5, 0.6) is 0 Å². The van der Waals surface area contributed by atoms with E-state index in [1.807, 2.05) is 0 Å². The Morgan fingerprint density at radius 1 is 0.958 bits per heavy atom. The summed E-state index contributed by atoms with van der Waals surface area (Å²) >= 11 is 0. The van der Waals surface area contributed by atoms with Crippen LogP contribution in [0.4, 0.5) is 0 Å². The first-order valence-corrected chi connectivity index (χ1v) is 15.0. The van der Waals surface area contributed by atoms with Gasteiger partial charge < -0.3 is 18.7 Å². The van der Waals surface area contributed by atoms with Crippen molar-refractivity contribution in [1.29, 1.82) is 0 Å². The molecular formula is C18H40O4Si2. The normalized spacial score (nSPS) is 26.9. The second-order valence-corrected chi connectivity index (χ2v) is 19.7. The predicted octanol–water partition coefficient (Wildman–Crippen LogP) is 4.90. The Labute approximate surface area is 151 Å². The van der Waals surface area contributed by atoms with Gasteiger partial charge in [0.15, 0.2) is 22.9 Å². The maximum absolute atomic E-state index is 9.94. The largest absolute Gasteiger partial charge is 0.417 e. The van der Waals surface area contributed by atoms with Crippen LogP contribution in [-0.4, -0.2) is 46.8 Å². The molecule has 0 saturated carbocycles. The highest BCUT2D eigenvalue weighted by Crippen LogP contribution is 2.40. The Hall–Kier alpha value is 0.274. The fourth-order valence-corrected chi connectivity index (χ4v) is 4.69. The molecular weight excluding hydrogens is 336 g/mol. The lowest BCUT2D eigenvalue weighted by Crippen LogP contribution is -2.46. The predicted molar refractivity (Wildman–Crippen MR) is 105 cm³/mol. The molecule has 0 radical (unpaired) electrons. The molecule has 1 fully saturated rings. The minimum atomic E-state index is -1.87. The Morgan fingerprint density at radius 3 is 1.92 bits per heavy atom. The second-order valence-electron chi connectivity index (χ2n) is 10.2. The van der Waals surface area contributed by atoms with Crippen molar-refractivity contribution in [2.45, 2.75) is 109 Å². The molecule has 0 aliphatic carbocycles. The highest BCUT2D eigenvalue weighted by molar-refractivity contribution is 6.74. The van der Waals surface area contributed by atoms with Crippen LogP contribution in [0.1, 0.15) is 54.4 Å². The van der Waals surface area contributed by atoms with Crippen LogP contribution in [0, 0.1) is 0 Å². The summed E-state index contributed by atoms with van der Waals surface area (Å²) < 4.78 is 18.5. The van der Waals surface area contributed by atoms with Crippen molar-refractivity contribution in [1.82, 2.24) is 0 Å². The van der Waals surface area contributed by atoms with Gasteiger partial charge in [-0.1, -0.05) is 41.5 Å². The first kappa shape index (κ1) is 22.3. The minimum Gasteiger partial charge on any atom is -0.417 e. The summed E-state index contributed by atoms with van der Waals surface area (Å²) in [5, 5.41) is 10.3. The van der Waals surface area contributed by atoms with Gasteiger partial charge in [-0.25, -0.2) is 0 Å². The van der Waals surface area contributed by atoms with E-state index >= 15 is 0 Å². The lowest BCUT2D eigenvalue weighted by Gasteiger charge is -2.39. The first-order valence-electron chi connectivity index (χ1n) is 9.22. The Bertz CT molecular complexity index is 410. The van der Waals surface area contributed by atoms with Gasteiger partial charge in [-0.05, 0) is 42.7 Å². The highest BCUT2D eigenvalue weighted by Gasteiger charge is 2.44. The molecule has 0 aromatic carbocycles. The number of hydrogen-bond acceptors (Lipinski definition) is 4. The lowest BCUT2D eigenvalue weighted by atomic mass is 10.1. The zero-order valence-corrected chi connectivity index (χ0v) is 19.5. The van der Waals surface area contributed by atoms with Gasteiger partial charge in [-0.15, -0.1) is 0 Å². The summed E-state index contributed by atoms with van der Waals surface area (Å²) in [6.45, 7) is 23.2. The molecule has 0 bridgehead atoms. The monoisotopic (exact) mass is 376 g/mol. The average Bonchev–Trinajstić information content (AvgIpc) is 2.65. The van der Waals surface area contributed by atoms with Crippen molar-refractivity contribution in [3.05, 3.63) is 0 Å². The van der Waals surface area contributed by atoms with Gasteiger partial charge in [0, 0.05) is 13.0 Å². The van der Waals surface area contributed by atoms with E-state index in [4.69, 9.17) is 13.6 Å². The Balaban J connectivity index is 2.64. The maximum Gasteiger partial charge on any atom is 0.192 e. The fourth-order valence-electron chi connectivity index (χ4n) is 2.28. The maximum atomic E-state index is 9.94. The number of hydrogen-bond donors (Lipinski definition) is 1. The Morgan fingerprint density at radius 2 is 1.46 bits per heavy atom. The molecule has 1 aliphatic rings. The average molecular weight is 377 g/mol. The molecule has 1 aliphatic heterocycles. The highest BCUT2D eigenvalue weighted by atomic mass is 28.4. The number of aliphatic hydroxyl groups is 1. The Kier molecular flexibility index (Phi) is 6.96. The zero-order chi connectivity index (χ0) is 19.0. The van der Waals surface area contributed by atoms with Crippen molar-refractivity contribution in [2.24, 2.45) is 0 Å². The van der Waals surface area contributed by atoms with Crippen LogP contribution in [0.15, 0.2) is 0 Å². The molecule has 0 amide bonds. The molecule has 1 heterocycles. The van der Waals surface area contributed by atoms with Crippen LogP contribution in [0.3, 0.4) is 0 Å². The topological polar surface area (TPSA) is 47.9 Å². The molecule has 3 atom stereocenters. The van der Waals surface area contributed by atoms with E-state index in [0.29, 0.717) is 13.0 Å². The van der Waals surface area contributed by atoms with Gasteiger partial charge in [-0.2, -0.15) is 0 Å². The molecule has 0 aromatic heterocycles. The van der Waals surface area contributed by atoms with Gasteiger partial charge >= 0.3 is 0 Å². The first-order chi connectivity index (χ1) is 10.6. The summed E-state index contributed by atoms with van der Waals surface area (Å²) in [5.41, 5.74) is 0. The van der Waals surface area contributed by atoms with Gasteiger partial charge in [0.1, 0.15) is 0 Å². The van der Waals surface area contributed by atoms with Crippen LogP contribution >= 0.6 is 0 Å². The van der Waals surface area contributed by atoms with Crippen molar-refractivity contribution < 1.29 is 18.7 Å². The third-order valence-corrected chi connectivity index (χ3v) is 15.1. The van der Waals surface area contributed by atoms with E-state index in [0.717, 1.165) is 6.42 Å². The summed E-state index contributed by atoms with van der Waals surface area (Å²) in [6, 6.07) is 0. The molecule has 0 spiro atoms. The van der Waals surface area contributed by atoms with Gasteiger partial charge in [-0.3, -0.25) is 0 Å². The summed E-state index contributed by atoms with van der Waals surface area (Å²) in [4.78, 5) is 0. The standard InChI is InChI=1S/C18H40O4Si2/c1-17(2,3)23(7,8)20-12-11-14-15(13-16(19)21-14)22-24(9,10)18(4,5)6/h14-16,19H,11-13H2,1-10H3/t14-,15+,16?/m1/s1. The van der Waals surface area contributed by atoms with Gasteiger partial charge in [0.25, 0.3) is 0 Å². The van der Waals surface area contributed by atoms with E-state index in [2.05, 4.69) is 67.7 Å². The van der Waals surface area contributed by atoms with Crippen LogP contribution in [0.25, 0.3) is 0 Å². The van der Waals surface area contributed by atoms with Gasteiger partial charge in [0.2, 0.25) is 0 Å². The number of ether oxygens (including phenoxy) is 1. The van der Waals surface area contributed by atoms with E-state index in [9.17, 15) is 5.11 Å². The molecule has 1 N–H and O–H groups in total. The van der Waals surface area contributed by atoms with Crippen molar-refractivity contribution in [3.63, 3.8) is 0 Å². The van der Waals surface area contributed by atoms with Crippen molar-refractivity contribution >= 4 is 16.6 Å². The van der Waals surface area contributed by atoms with E-state index < -0.39 is 22.9 Å². The van der Waals surface area contributed by atoms with Crippen molar-refractivity contribution in [3.8, 4) is 0 Å². The summed E-state index contributed by atoms with van der Waals surface area (Å²) in [7, 11) is -3.61. The molecule has 6 heteroatoms. The van der Waals surface area contributed by atoms with Crippen LogP contribution < -0.4 is 0 Å². The number of rotatable bonds is 6. The molecule has 144 valence electrons. The van der Waals surface area contributed by atoms with Gasteiger partial charge in [0.05, 0.1) is 12.2 Å². The molecule has 1 unspecified atom stereocenters. The third kappa shape index (κ3) is 5.64. The quantitative estimate of drug-likeness (QED) is 0.670.